The van der Waals surface area contributed by atoms with Gasteiger partial charge in [0.25, 0.3) is 0 Å². The molecule has 17 heavy (non-hydrogen) atoms. The second-order valence-electron chi connectivity index (χ2n) is 5.40. The molecule has 100 valence electrons. The molecule has 1 saturated heterocycles. The minimum Gasteiger partial charge on any atom is -0.480 e. The van der Waals surface area contributed by atoms with Gasteiger partial charge in [-0.05, 0) is 37.8 Å². The van der Waals surface area contributed by atoms with E-state index in [1.54, 1.807) is 0 Å². The Balaban J connectivity index is 2.38. The largest absolute Gasteiger partial charge is 0.480 e. The molecule has 4 heteroatoms. The second-order valence-corrected chi connectivity index (χ2v) is 5.40. The first kappa shape index (κ1) is 14.5. The molecule has 2 N–H and O–H groups in total. The van der Waals surface area contributed by atoms with Crippen molar-refractivity contribution in [3.63, 3.8) is 0 Å². The van der Waals surface area contributed by atoms with E-state index in [0.717, 1.165) is 32.0 Å². The van der Waals surface area contributed by atoms with Gasteiger partial charge in [-0.3, -0.25) is 4.79 Å². The summed E-state index contributed by atoms with van der Waals surface area (Å²) in [4.78, 5) is 13.4. The Hall–Kier alpha value is -0.610. The highest BCUT2D eigenvalue weighted by Gasteiger charge is 2.28. The van der Waals surface area contributed by atoms with Gasteiger partial charge >= 0.3 is 5.97 Å². The molecule has 0 bridgehead atoms. The Bertz CT molecular complexity index is 244. The number of hydrogen-bond donors (Lipinski definition) is 2. The van der Waals surface area contributed by atoms with Crippen molar-refractivity contribution in [2.24, 2.45) is 11.8 Å². The Morgan fingerprint density at radius 1 is 1.53 bits per heavy atom. The van der Waals surface area contributed by atoms with Crippen LogP contribution in [-0.2, 0) is 4.79 Å². The molecule has 4 nitrogen and oxygen atoms in total. The van der Waals surface area contributed by atoms with Gasteiger partial charge in [-0.15, -0.1) is 0 Å². The molecule has 0 aromatic rings. The molecule has 1 aliphatic heterocycles. The van der Waals surface area contributed by atoms with Crippen molar-refractivity contribution in [1.29, 1.82) is 0 Å². The highest BCUT2D eigenvalue weighted by atomic mass is 16.4. The Kier molecular flexibility index (Phi) is 5.92. The topological polar surface area (TPSA) is 52.6 Å². The van der Waals surface area contributed by atoms with E-state index >= 15 is 0 Å². The standard InChI is InChI=1S/C13H26N2O2/c1-4-6-14-12(13(16)17)9-15-7-5-11(8-15)10(2)3/h10-12,14H,4-9H2,1-3H3,(H,16,17). The molecule has 0 aromatic heterocycles. The molecular formula is C13H26N2O2. The average molecular weight is 242 g/mol. The predicted molar refractivity (Wildman–Crippen MR) is 69.1 cm³/mol. The maximum absolute atomic E-state index is 11.1. The summed E-state index contributed by atoms with van der Waals surface area (Å²) in [6.45, 7) is 10.1. The van der Waals surface area contributed by atoms with E-state index in [1.165, 1.54) is 6.42 Å². The van der Waals surface area contributed by atoms with Gasteiger partial charge in [-0.25, -0.2) is 0 Å². The van der Waals surface area contributed by atoms with Crippen molar-refractivity contribution in [3.8, 4) is 0 Å². The summed E-state index contributed by atoms with van der Waals surface area (Å²) in [6, 6.07) is -0.416. The van der Waals surface area contributed by atoms with Gasteiger partial charge in [0, 0.05) is 13.1 Å². The van der Waals surface area contributed by atoms with E-state index in [4.69, 9.17) is 5.11 Å². The van der Waals surface area contributed by atoms with E-state index in [1.807, 2.05) is 0 Å². The summed E-state index contributed by atoms with van der Waals surface area (Å²) < 4.78 is 0. The first-order valence-corrected chi connectivity index (χ1v) is 6.73. The third-order valence-corrected chi connectivity index (χ3v) is 3.63. The zero-order valence-corrected chi connectivity index (χ0v) is 11.3. The highest BCUT2D eigenvalue weighted by molar-refractivity contribution is 5.73. The van der Waals surface area contributed by atoms with Crippen LogP contribution < -0.4 is 5.32 Å². The fraction of sp³-hybridized carbons (Fsp3) is 0.923. The molecule has 1 fully saturated rings. The van der Waals surface area contributed by atoms with Crippen LogP contribution in [0.1, 0.15) is 33.6 Å². The third kappa shape index (κ3) is 4.64. The highest BCUT2D eigenvalue weighted by Crippen LogP contribution is 2.23. The lowest BCUT2D eigenvalue weighted by molar-refractivity contribution is -0.139. The number of rotatable bonds is 7. The Labute approximate surface area is 104 Å². The molecule has 0 spiro atoms. The molecule has 2 unspecified atom stereocenters. The molecule has 1 heterocycles. The quantitative estimate of drug-likeness (QED) is 0.709. The molecule has 0 aromatic carbocycles. The van der Waals surface area contributed by atoms with Gasteiger partial charge in [0.15, 0.2) is 0 Å². The zero-order valence-electron chi connectivity index (χ0n) is 11.3. The van der Waals surface area contributed by atoms with Crippen LogP contribution in [0.3, 0.4) is 0 Å². The minimum atomic E-state index is -0.730. The van der Waals surface area contributed by atoms with E-state index in [-0.39, 0.29) is 0 Å². The SMILES string of the molecule is CCCNC(CN1CCC(C(C)C)C1)C(=O)O. The maximum atomic E-state index is 11.1. The number of aliphatic carboxylic acids is 1. The number of carboxylic acid groups (broad SMARTS) is 1. The van der Waals surface area contributed by atoms with E-state index in [0.29, 0.717) is 12.5 Å². The molecule has 1 rings (SSSR count). The summed E-state index contributed by atoms with van der Waals surface area (Å²) in [6.07, 6.45) is 2.18. The number of carbonyl (C=O) groups is 1. The zero-order chi connectivity index (χ0) is 12.8. The summed E-state index contributed by atoms with van der Waals surface area (Å²) in [5.74, 6) is 0.703. The van der Waals surface area contributed by atoms with Gasteiger partial charge in [0.2, 0.25) is 0 Å². The molecule has 0 saturated carbocycles. The van der Waals surface area contributed by atoms with Crippen LogP contribution in [-0.4, -0.2) is 48.2 Å². The van der Waals surface area contributed by atoms with Crippen molar-refractivity contribution in [3.05, 3.63) is 0 Å². The minimum absolute atomic E-state index is 0.416. The van der Waals surface area contributed by atoms with Gasteiger partial charge in [-0.2, -0.15) is 0 Å². The second kappa shape index (κ2) is 6.97. The lowest BCUT2D eigenvalue weighted by Crippen LogP contribution is -2.45. The third-order valence-electron chi connectivity index (χ3n) is 3.63. The van der Waals surface area contributed by atoms with Crippen molar-refractivity contribution >= 4 is 5.97 Å². The van der Waals surface area contributed by atoms with Gasteiger partial charge in [0.05, 0.1) is 0 Å². The van der Waals surface area contributed by atoms with Crippen LogP contribution in [0, 0.1) is 11.8 Å². The Morgan fingerprint density at radius 2 is 2.24 bits per heavy atom. The Morgan fingerprint density at radius 3 is 2.71 bits per heavy atom. The maximum Gasteiger partial charge on any atom is 0.322 e. The lowest BCUT2D eigenvalue weighted by Gasteiger charge is -2.22. The fourth-order valence-corrected chi connectivity index (χ4v) is 2.38. The summed E-state index contributed by atoms with van der Waals surface area (Å²) in [5, 5.41) is 12.2. The van der Waals surface area contributed by atoms with Crippen LogP contribution in [0.15, 0.2) is 0 Å². The predicted octanol–water partition coefficient (Wildman–Crippen LogP) is 1.42. The van der Waals surface area contributed by atoms with Crippen LogP contribution >= 0.6 is 0 Å². The molecule has 0 aliphatic carbocycles. The molecule has 0 radical (unpaired) electrons. The van der Waals surface area contributed by atoms with Gasteiger partial charge in [-0.1, -0.05) is 20.8 Å². The average Bonchev–Trinajstić information content (AvgIpc) is 2.72. The van der Waals surface area contributed by atoms with Gasteiger partial charge in [0.1, 0.15) is 6.04 Å². The number of carboxylic acids is 1. The van der Waals surface area contributed by atoms with E-state index in [2.05, 4.69) is 31.0 Å². The molecule has 0 amide bonds. The van der Waals surface area contributed by atoms with Crippen LogP contribution in [0.5, 0.6) is 0 Å². The van der Waals surface area contributed by atoms with E-state index < -0.39 is 12.0 Å². The van der Waals surface area contributed by atoms with Crippen LogP contribution in [0.4, 0.5) is 0 Å². The number of nitrogens with one attached hydrogen (secondary N) is 1. The van der Waals surface area contributed by atoms with Crippen LogP contribution in [0.25, 0.3) is 0 Å². The van der Waals surface area contributed by atoms with E-state index in [9.17, 15) is 4.79 Å². The van der Waals surface area contributed by atoms with Crippen LogP contribution in [0.2, 0.25) is 0 Å². The number of hydrogen-bond acceptors (Lipinski definition) is 3. The van der Waals surface area contributed by atoms with Crippen molar-refractivity contribution < 1.29 is 9.90 Å². The van der Waals surface area contributed by atoms with Crippen molar-refractivity contribution in [2.45, 2.75) is 39.7 Å². The fourth-order valence-electron chi connectivity index (χ4n) is 2.38. The first-order chi connectivity index (χ1) is 8.04. The summed E-state index contributed by atoms with van der Waals surface area (Å²) in [7, 11) is 0. The first-order valence-electron chi connectivity index (χ1n) is 6.73. The van der Waals surface area contributed by atoms with Crippen molar-refractivity contribution in [2.75, 3.05) is 26.2 Å². The number of likely N-dealkylation sites (tertiary alicyclic amines) is 1. The molecular weight excluding hydrogens is 216 g/mol. The molecule has 1 aliphatic rings. The summed E-state index contributed by atoms with van der Waals surface area (Å²) >= 11 is 0. The van der Waals surface area contributed by atoms with Gasteiger partial charge < -0.3 is 15.3 Å². The monoisotopic (exact) mass is 242 g/mol. The lowest BCUT2D eigenvalue weighted by atomic mass is 9.95. The number of nitrogens with zero attached hydrogens (tertiary/aromatic N) is 1. The molecule has 2 atom stereocenters. The van der Waals surface area contributed by atoms with Crippen molar-refractivity contribution in [1.82, 2.24) is 10.2 Å². The summed E-state index contributed by atoms with van der Waals surface area (Å²) in [5.41, 5.74) is 0. The normalized spacial score (nSPS) is 23.2. The smallest absolute Gasteiger partial charge is 0.322 e.